The van der Waals surface area contributed by atoms with Crippen LogP contribution in [0.4, 0.5) is 10.2 Å². The third-order valence-electron chi connectivity index (χ3n) is 6.24. The predicted molar refractivity (Wildman–Crippen MR) is 148 cm³/mol. The van der Waals surface area contributed by atoms with Gasteiger partial charge in [-0.2, -0.15) is 5.10 Å². The Hall–Kier alpha value is -3.13. The molecule has 1 N–H and O–H groups in total. The molecule has 1 aromatic heterocycles. The first-order chi connectivity index (χ1) is 17.5. The molecule has 6 nitrogen and oxygen atoms in total. The molecule has 37 heavy (non-hydrogen) atoms. The first kappa shape index (κ1) is 26.9. The van der Waals surface area contributed by atoms with E-state index in [9.17, 15) is 14.0 Å². The second-order valence-electron chi connectivity index (χ2n) is 11.0. The normalized spacial score (nSPS) is 16.1. The summed E-state index contributed by atoms with van der Waals surface area (Å²) in [4.78, 5) is 28.1. The van der Waals surface area contributed by atoms with Crippen molar-refractivity contribution in [3.05, 3.63) is 76.7 Å². The summed E-state index contributed by atoms with van der Waals surface area (Å²) in [7, 11) is 0. The minimum Gasteiger partial charge on any atom is -0.354 e. The van der Waals surface area contributed by atoms with Crippen LogP contribution in [0.5, 0.6) is 0 Å². The summed E-state index contributed by atoms with van der Waals surface area (Å²) in [6.07, 6.45) is 0. The average Bonchev–Trinajstić information content (AvgIpc) is 3.16. The van der Waals surface area contributed by atoms with Crippen molar-refractivity contribution in [3.8, 4) is 5.69 Å². The Bertz CT molecular complexity index is 1290. The minimum atomic E-state index is -0.370. The highest BCUT2D eigenvalue weighted by Gasteiger charge is 2.40. The van der Waals surface area contributed by atoms with E-state index in [1.54, 1.807) is 15.6 Å². The van der Waals surface area contributed by atoms with E-state index in [-0.39, 0.29) is 46.5 Å². The number of rotatable bonds is 6. The van der Waals surface area contributed by atoms with Crippen molar-refractivity contribution < 1.29 is 14.0 Å². The van der Waals surface area contributed by atoms with Gasteiger partial charge < -0.3 is 5.32 Å². The van der Waals surface area contributed by atoms with E-state index in [2.05, 4.69) is 26.1 Å². The van der Waals surface area contributed by atoms with Crippen LogP contribution in [-0.2, 0) is 15.0 Å². The van der Waals surface area contributed by atoms with Crippen LogP contribution in [-0.4, -0.2) is 40.4 Å². The number of thioether (sulfide) groups is 1. The van der Waals surface area contributed by atoms with Crippen molar-refractivity contribution in [2.75, 3.05) is 23.7 Å². The van der Waals surface area contributed by atoms with Crippen molar-refractivity contribution in [2.45, 2.75) is 52.2 Å². The van der Waals surface area contributed by atoms with E-state index in [0.29, 0.717) is 12.4 Å². The van der Waals surface area contributed by atoms with Crippen molar-refractivity contribution in [1.82, 2.24) is 15.1 Å². The molecule has 0 fully saturated rings. The largest absolute Gasteiger partial charge is 0.354 e. The zero-order chi connectivity index (χ0) is 26.9. The summed E-state index contributed by atoms with van der Waals surface area (Å²) in [5.41, 5.74) is 3.94. The number of halogens is 1. The lowest BCUT2D eigenvalue weighted by atomic mass is 9.87. The molecule has 0 aliphatic carbocycles. The van der Waals surface area contributed by atoms with E-state index in [0.717, 1.165) is 28.1 Å². The molecule has 196 valence electrons. The highest BCUT2D eigenvalue weighted by Crippen LogP contribution is 2.48. The average molecular weight is 523 g/mol. The minimum absolute atomic E-state index is 0.115. The van der Waals surface area contributed by atoms with Crippen LogP contribution in [0, 0.1) is 18.7 Å². The molecule has 0 radical (unpaired) electrons. The number of anilines is 1. The molecule has 0 saturated heterocycles. The smallest absolute Gasteiger partial charge is 0.240 e. The third kappa shape index (κ3) is 5.90. The van der Waals surface area contributed by atoms with Crippen molar-refractivity contribution in [3.63, 3.8) is 0 Å². The number of aryl methyl sites for hydroxylation is 1. The fraction of sp³-hybridized carbons (Fsp3) is 0.414. The molecule has 4 rings (SSSR count). The van der Waals surface area contributed by atoms with Crippen LogP contribution < -0.4 is 10.2 Å². The van der Waals surface area contributed by atoms with Gasteiger partial charge in [0.25, 0.3) is 0 Å². The molecule has 2 heterocycles. The number of carbonyl (C=O) groups is 2. The van der Waals surface area contributed by atoms with Crippen molar-refractivity contribution in [2.24, 2.45) is 5.92 Å². The van der Waals surface area contributed by atoms with Gasteiger partial charge >= 0.3 is 0 Å². The van der Waals surface area contributed by atoms with Crippen LogP contribution in [0.15, 0.2) is 48.5 Å². The first-order valence-electron chi connectivity index (χ1n) is 12.6. The third-order valence-corrected chi connectivity index (χ3v) is 7.49. The molecule has 2 aromatic carbocycles. The maximum atomic E-state index is 14.4. The van der Waals surface area contributed by atoms with Crippen LogP contribution in [0.1, 0.15) is 62.3 Å². The van der Waals surface area contributed by atoms with E-state index < -0.39 is 0 Å². The number of aromatic nitrogens is 2. The quantitative estimate of drug-likeness (QED) is 0.460. The molecular formula is C29H35FN4O2S. The fourth-order valence-corrected chi connectivity index (χ4v) is 5.58. The fourth-order valence-electron chi connectivity index (χ4n) is 4.39. The Kier molecular flexibility index (Phi) is 7.78. The van der Waals surface area contributed by atoms with E-state index in [4.69, 9.17) is 5.10 Å². The van der Waals surface area contributed by atoms with Crippen molar-refractivity contribution >= 4 is 29.4 Å². The number of benzene rings is 2. The van der Waals surface area contributed by atoms with Gasteiger partial charge in [0.1, 0.15) is 18.2 Å². The number of hydrogen-bond donors (Lipinski definition) is 1. The molecular weight excluding hydrogens is 487 g/mol. The number of nitrogens with one attached hydrogen (secondary N) is 1. The molecule has 0 bridgehead atoms. The predicted octanol–water partition coefficient (Wildman–Crippen LogP) is 5.56. The second kappa shape index (κ2) is 10.7. The van der Waals surface area contributed by atoms with Crippen LogP contribution in [0.2, 0.25) is 0 Å². The SMILES string of the molecule is Cc1ccc(-n2nc(C(C)(C)C)c3c2N(CC(=O)NCC(C)C)C(=O)CS[C@H]3c2cccc(F)c2)cc1. The highest BCUT2D eigenvalue weighted by atomic mass is 32.2. The van der Waals surface area contributed by atoms with Crippen LogP contribution in [0.25, 0.3) is 5.69 Å². The second-order valence-corrected chi connectivity index (χ2v) is 12.1. The number of hydrogen-bond acceptors (Lipinski definition) is 4. The topological polar surface area (TPSA) is 67.2 Å². The van der Waals surface area contributed by atoms with Gasteiger partial charge in [0.15, 0.2) is 0 Å². The van der Waals surface area contributed by atoms with Gasteiger partial charge in [0.2, 0.25) is 11.8 Å². The maximum absolute atomic E-state index is 14.4. The van der Waals surface area contributed by atoms with E-state index >= 15 is 0 Å². The Morgan fingerprint density at radius 3 is 2.51 bits per heavy atom. The van der Waals surface area contributed by atoms with Gasteiger partial charge in [-0.15, -0.1) is 11.8 Å². The van der Waals surface area contributed by atoms with Gasteiger partial charge in [-0.3, -0.25) is 14.5 Å². The van der Waals surface area contributed by atoms with Gasteiger partial charge in [0.05, 0.1) is 22.4 Å². The molecule has 0 spiro atoms. The lowest BCUT2D eigenvalue weighted by Crippen LogP contribution is -2.43. The number of fused-ring (bicyclic) bond motifs is 1. The Balaban J connectivity index is 1.96. The number of amides is 2. The van der Waals surface area contributed by atoms with Gasteiger partial charge in [0, 0.05) is 17.5 Å². The molecule has 0 unspecified atom stereocenters. The van der Waals surface area contributed by atoms with Crippen LogP contribution in [0.3, 0.4) is 0 Å². The molecule has 1 atom stereocenters. The maximum Gasteiger partial charge on any atom is 0.240 e. The summed E-state index contributed by atoms with van der Waals surface area (Å²) >= 11 is 1.44. The van der Waals surface area contributed by atoms with E-state index in [1.165, 1.54) is 23.9 Å². The van der Waals surface area contributed by atoms with Gasteiger partial charge in [-0.1, -0.05) is 64.4 Å². The van der Waals surface area contributed by atoms with Gasteiger partial charge in [-0.25, -0.2) is 9.07 Å². The number of nitrogens with zero attached hydrogens (tertiary/aromatic N) is 3. The summed E-state index contributed by atoms with van der Waals surface area (Å²) in [5.74, 6) is 0.277. The molecule has 1 aliphatic rings. The monoisotopic (exact) mass is 522 g/mol. The first-order valence-corrected chi connectivity index (χ1v) is 13.6. The molecule has 2 amide bonds. The van der Waals surface area contributed by atoms with Crippen LogP contribution >= 0.6 is 11.8 Å². The van der Waals surface area contributed by atoms with Crippen molar-refractivity contribution in [1.29, 1.82) is 0 Å². The summed E-state index contributed by atoms with van der Waals surface area (Å²) in [6.45, 7) is 12.7. The van der Waals surface area contributed by atoms with Gasteiger partial charge in [-0.05, 0) is 42.7 Å². The lowest BCUT2D eigenvalue weighted by molar-refractivity contribution is -0.123. The summed E-state index contributed by atoms with van der Waals surface area (Å²) in [5, 5.41) is 7.66. The Morgan fingerprint density at radius 2 is 1.89 bits per heavy atom. The summed E-state index contributed by atoms with van der Waals surface area (Å²) < 4.78 is 16.1. The summed E-state index contributed by atoms with van der Waals surface area (Å²) in [6, 6.07) is 14.4. The zero-order valence-corrected chi connectivity index (χ0v) is 23.2. The Morgan fingerprint density at radius 1 is 1.19 bits per heavy atom. The molecule has 3 aromatic rings. The lowest BCUT2D eigenvalue weighted by Gasteiger charge is -2.24. The highest BCUT2D eigenvalue weighted by molar-refractivity contribution is 8.00. The van der Waals surface area contributed by atoms with E-state index in [1.807, 2.05) is 51.1 Å². The molecule has 0 saturated carbocycles. The number of carbonyl (C=O) groups excluding carboxylic acids is 2. The molecule has 1 aliphatic heterocycles. The molecule has 8 heteroatoms. The zero-order valence-electron chi connectivity index (χ0n) is 22.3. The standard InChI is InChI=1S/C29H35FN4O2S/c1-18(2)15-31-23(35)16-33-24(36)17-37-26(20-8-7-9-21(30)14-20)25-27(29(4,5)6)32-34(28(25)33)22-12-10-19(3)11-13-22/h7-14,18,26H,15-17H2,1-6H3,(H,31,35)/t26-/m0/s1. The Labute approximate surface area is 222 Å².